The van der Waals surface area contributed by atoms with Gasteiger partial charge in [-0.1, -0.05) is 36.8 Å². The topological polar surface area (TPSA) is 81.3 Å². The minimum atomic E-state index is -0.459. The standard InChI is InChI=1S/C22H22N4O3/c27-22(25(15-18-7-4-8-18)14-17-5-2-1-3-6-17)19-9-10-20(21(13-19)26(28)29)24-12-11-23-16-24/h1-3,5-6,9-13,16,18H,4,7-8,14-15H2. The number of nitrogens with zero attached hydrogens (tertiary/aromatic N) is 4. The van der Waals surface area contributed by atoms with E-state index >= 15 is 0 Å². The van der Waals surface area contributed by atoms with Gasteiger partial charge in [0, 0.05) is 37.1 Å². The van der Waals surface area contributed by atoms with Crippen LogP contribution in [-0.4, -0.2) is 31.8 Å². The van der Waals surface area contributed by atoms with Gasteiger partial charge in [-0.2, -0.15) is 0 Å². The van der Waals surface area contributed by atoms with Gasteiger partial charge in [0.25, 0.3) is 11.6 Å². The predicted molar refractivity (Wildman–Crippen MR) is 109 cm³/mol. The highest BCUT2D eigenvalue weighted by atomic mass is 16.6. The lowest BCUT2D eigenvalue weighted by Gasteiger charge is -2.32. The van der Waals surface area contributed by atoms with Gasteiger partial charge in [0.15, 0.2) is 0 Å². The third kappa shape index (κ3) is 4.18. The number of nitro groups is 1. The molecule has 1 heterocycles. The van der Waals surface area contributed by atoms with Crippen LogP contribution in [0.15, 0.2) is 67.3 Å². The van der Waals surface area contributed by atoms with Gasteiger partial charge in [0.2, 0.25) is 0 Å². The van der Waals surface area contributed by atoms with Crippen LogP contribution >= 0.6 is 0 Å². The summed E-state index contributed by atoms with van der Waals surface area (Å²) in [7, 11) is 0. The molecule has 7 heteroatoms. The summed E-state index contributed by atoms with van der Waals surface area (Å²) in [5.74, 6) is 0.323. The molecule has 1 saturated carbocycles. The molecule has 1 aliphatic carbocycles. The van der Waals surface area contributed by atoms with Gasteiger partial charge in [-0.25, -0.2) is 4.98 Å². The van der Waals surface area contributed by atoms with Crippen LogP contribution < -0.4 is 0 Å². The SMILES string of the molecule is O=C(c1ccc(-n2ccnc2)c([N+](=O)[O-])c1)N(Cc1ccccc1)CC1CCC1. The third-order valence-electron chi connectivity index (χ3n) is 5.41. The van der Waals surface area contributed by atoms with Crippen molar-refractivity contribution < 1.29 is 9.72 Å². The molecule has 0 aliphatic heterocycles. The molecular weight excluding hydrogens is 368 g/mol. The average Bonchev–Trinajstić information content (AvgIpc) is 3.24. The predicted octanol–water partition coefficient (Wildman–Crippen LogP) is 4.22. The number of nitro benzene ring substituents is 1. The molecule has 0 N–H and O–H groups in total. The number of hydrogen-bond donors (Lipinski definition) is 0. The number of hydrogen-bond acceptors (Lipinski definition) is 4. The van der Waals surface area contributed by atoms with E-state index in [-0.39, 0.29) is 11.6 Å². The van der Waals surface area contributed by atoms with Crippen LogP contribution in [0.5, 0.6) is 0 Å². The van der Waals surface area contributed by atoms with Crippen molar-refractivity contribution in [2.45, 2.75) is 25.8 Å². The Balaban J connectivity index is 1.64. The second-order valence-electron chi connectivity index (χ2n) is 7.40. The first-order valence-corrected chi connectivity index (χ1v) is 9.72. The van der Waals surface area contributed by atoms with Gasteiger partial charge in [-0.05, 0) is 36.5 Å². The van der Waals surface area contributed by atoms with Crippen LogP contribution in [0.2, 0.25) is 0 Å². The summed E-state index contributed by atoms with van der Waals surface area (Å²) in [6.45, 7) is 1.16. The number of benzene rings is 2. The maximum Gasteiger partial charge on any atom is 0.294 e. The Morgan fingerprint density at radius 2 is 2.00 bits per heavy atom. The Hall–Kier alpha value is -3.48. The fourth-order valence-corrected chi connectivity index (χ4v) is 3.62. The van der Waals surface area contributed by atoms with Gasteiger partial charge < -0.3 is 9.47 Å². The van der Waals surface area contributed by atoms with Crippen molar-refractivity contribution in [3.05, 3.63) is 88.5 Å². The Morgan fingerprint density at radius 1 is 1.21 bits per heavy atom. The van der Waals surface area contributed by atoms with E-state index < -0.39 is 4.92 Å². The molecule has 1 aromatic heterocycles. The van der Waals surface area contributed by atoms with E-state index in [1.54, 1.807) is 29.1 Å². The summed E-state index contributed by atoms with van der Waals surface area (Å²) >= 11 is 0. The number of aromatic nitrogens is 2. The van der Waals surface area contributed by atoms with E-state index in [1.807, 2.05) is 35.2 Å². The van der Waals surface area contributed by atoms with Crippen molar-refractivity contribution in [3.63, 3.8) is 0 Å². The molecule has 4 rings (SSSR count). The Morgan fingerprint density at radius 3 is 2.62 bits per heavy atom. The first-order chi connectivity index (χ1) is 14.1. The Kier molecular flexibility index (Phi) is 5.37. The van der Waals surface area contributed by atoms with E-state index in [0.717, 1.165) is 18.4 Å². The lowest BCUT2D eigenvalue weighted by molar-refractivity contribution is -0.384. The maximum absolute atomic E-state index is 13.3. The first-order valence-electron chi connectivity index (χ1n) is 9.72. The van der Waals surface area contributed by atoms with E-state index in [1.165, 1.54) is 18.8 Å². The number of imidazole rings is 1. The van der Waals surface area contributed by atoms with Crippen molar-refractivity contribution in [3.8, 4) is 5.69 Å². The molecule has 3 aromatic rings. The number of rotatable bonds is 7. The Labute approximate surface area is 168 Å². The zero-order valence-electron chi connectivity index (χ0n) is 16.0. The monoisotopic (exact) mass is 390 g/mol. The van der Waals surface area contributed by atoms with Crippen molar-refractivity contribution >= 4 is 11.6 Å². The van der Waals surface area contributed by atoms with Crippen molar-refractivity contribution in [1.29, 1.82) is 0 Å². The lowest BCUT2D eigenvalue weighted by atomic mass is 9.85. The quantitative estimate of drug-likeness (QED) is 0.447. The molecule has 148 valence electrons. The highest BCUT2D eigenvalue weighted by molar-refractivity contribution is 5.95. The third-order valence-corrected chi connectivity index (χ3v) is 5.41. The summed E-state index contributed by atoms with van der Waals surface area (Å²) in [6, 6.07) is 14.5. The normalized spacial score (nSPS) is 13.7. The molecular formula is C22H22N4O3. The minimum absolute atomic E-state index is 0.114. The number of carbonyl (C=O) groups excluding carboxylic acids is 1. The second kappa shape index (κ2) is 8.26. The average molecular weight is 390 g/mol. The number of carbonyl (C=O) groups is 1. The summed E-state index contributed by atoms with van der Waals surface area (Å²) in [4.78, 5) is 30.2. The van der Waals surface area contributed by atoms with Crippen LogP contribution in [0.25, 0.3) is 5.69 Å². The van der Waals surface area contributed by atoms with E-state index in [4.69, 9.17) is 0 Å². The molecule has 1 amide bonds. The molecule has 0 atom stereocenters. The summed E-state index contributed by atoms with van der Waals surface area (Å²) in [6.07, 6.45) is 8.15. The smallest absolute Gasteiger partial charge is 0.294 e. The fourth-order valence-electron chi connectivity index (χ4n) is 3.62. The van der Waals surface area contributed by atoms with Crippen LogP contribution in [0, 0.1) is 16.0 Å². The van der Waals surface area contributed by atoms with Gasteiger partial charge in [-0.3, -0.25) is 14.9 Å². The van der Waals surface area contributed by atoms with Crippen molar-refractivity contribution in [2.24, 2.45) is 5.92 Å². The first kappa shape index (κ1) is 18.9. The van der Waals surface area contributed by atoms with Crippen LogP contribution in [0.1, 0.15) is 35.2 Å². The van der Waals surface area contributed by atoms with E-state index in [0.29, 0.717) is 30.3 Å². The molecule has 7 nitrogen and oxygen atoms in total. The molecule has 1 aliphatic rings. The molecule has 0 spiro atoms. The van der Waals surface area contributed by atoms with Crippen LogP contribution in [0.3, 0.4) is 0 Å². The van der Waals surface area contributed by atoms with Gasteiger partial charge in [-0.15, -0.1) is 0 Å². The van der Waals surface area contributed by atoms with Crippen LogP contribution in [-0.2, 0) is 6.54 Å². The van der Waals surface area contributed by atoms with Crippen LogP contribution in [0.4, 0.5) is 5.69 Å². The van der Waals surface area contributed by atoms with Gasteiger partial charge >= 0.3 is 0 Å². The molecule has 0 bridgehead atoms. The highest BCUT2D eigenvalue weighted by Crippen LogP contribution is 2.29. The highest BCUT2D eigenvalue weighted by Gasteiger charge is 2.26. The molecule has 0 radical (unpaired) electrons. The second-order valence-corrected chi connectivity index (χ2v) is 7.40. The fraction of sp³-hybridized carbons (Fsp3) is 0.273. The zero-order valence-corrected chi connectivity index (χ0v) is 16.0. The molecule has 1 fully saturated rings. The van der Waals surface area contributed by atoms with Crippen molar-refractivity contribution in [2.75, 3.05) is 6.54 Å². The van der Waals surface area contributed by atoms with Gasteiger partial charge in [0.05, 0.1) is 11.3 Å². The van der Waals surface area contributed by atoms with E-state index in [9.17, 15) is 14.9 Å². The number of amides is 1. The summed E-state index contributed by atoms with van der Waals surface area (Å²) in [5, 5.41) is 11.6. The molecule has 2 aromatic carbocycles. The molecule has 0 unspecified atom stereocenters. The minimum Gasteiger partial charge on any atom is -0.334 e. The maximum atomic E-state index is 13.3. The van der Waals surface area contributed by atoms with Gasteiger partial charge in [0.1, 0.15) is 5.69 Å². The summed E-state index contributed by atoms with van der Waals surface area (Å²) in [5.41, 5.74) is 1.65. The van der Waals surface area contributed by atoms with E-state index in [2.05, 4.69) is 4.98 Å². The summed E-state index contributed by atoms with van der Waals surface area (Å²) < 4.78 is 1.57. The largest absolute Gasteiger partial charge is 0.334 e. The zero-order chi connectivity index (χ0) is 20.2. The molecule has 0 saturated heterocycles. The molecule has 29 heavy (non-hydrogen) atoms. The van der Waals surface area contributed by atoms with Crippen molar-refractivity contribution in [1.82, 2.24) is 14.5 Å². The Bertz CT molecular complexity index is 998. The lowest BCUT2D eigenvalue weighted by Crippen LogP contribution is -2.37.